The molecule has 0 unspecified atom stereocenters. The number of anilines is 1. The third-order valence-electron chi connectivity index (χ3n) is 5.00. The first-order chi connectivity index (χ1) is 12.0. The SMILES string of the molecule is Cc1csc(-c2nc(N)c3cc(CN4[C@H](C)CCC[C@@H]4C)sc3n2)n1. The maximum atomic E-state index is 6.22. The van der Waals surface area contributed by atoms with Crippen LogP contribution >= 0.6 is 22.7 Å². The molecule has 3 aromatic rings. The minimum absolute atomic E-state index is 0.551. The van der Waals surface area contributed by atoms with E-state index in [9.17, 15) is 0 Å². The van der Waals surface area contributed by atoms with Gasteiger partial charge >= 0.3 is 0 Å². The number of thiophene rings is 1. The second kappa shape index (κ2) is 6.63. The van der Waals surface area contributed by atoms with Crippen LogP contribution in [0.1, 0.15) is 43.7 Å². The molecule has 1 saturated heterocycles. The summed E-state index contributed by atoms with van der Waals surface area (Å²) in [6, 6.07) is 3.43. The smallest absolute Gasteiger partial charge is 0.192 e. The van der Waals surface area contributed by atoms with Crippen LogP contribution in [-0.4, -0.2) is 31.9 Å². The van der Waals surface area contributed by atoms with E-state index in [-0.39, 0.29) is 0 Å². The molecule has 0 spiro atoms. The molecule has 0 aliphatic carbocycles. The first-order valence-electron chi connectivity index (χ1n) is 8.75. The van der Waals surface area contributed by atoms with Gasteiger partial charge in [0.05, 0.1) is 5.39 Å². The average molecular weight is 374 g/mol. The number of hydrogen-bond donors (Lipinski definition) is 1. The molecule has 3 aromatic heterocycles. The number of nitrogens with zero attached hydrogens (tertiary/aromatic N) is 4. The van der Waals surface area contributed by atoms with E-state index in [0.29, 0.717) is 23.7 Å². The summed E-state index contributed by atoms with van der Waals surface area (Å²) in [5.74, 6) is 1.19. The number of aromatic nitrogens is 3. The Morgan fingerprint density at radius 1 is 1.20 bits per heavy atom. The summed E-state index contributed by atoms with van der Waals surface area (Å²) in [5, 5.41) is 3.81. The molecular weight excluding hydrogens is 350 g/mol. The Balaban J connectivity index is 1.67. The number of piperidine rings is 1. The van der Waals surface area contributed by atoms with Gasteiger partial charge in [0.25, 0.3) is 0 Å². The Morgan fingerprint density at radius 2 is 1.96 bits per heavy atom. The molecule has 4 rings (SSSR count). The van der Waals surface area contributed by atoms with Gasteiger partial charge < -0.3 is 5.73 Å². The lowest BCUT2D eigenvalue weighted by molar-refractivity contribution is 0.0965. The number of nitrogens with two attached hydrogens (primary N) is 1. The zero-order chi connectivity index (χ0) is 17.6. The van der Waals surface area contributed by atoms with Crippen molar-refractivity contribution in [3.8, 4) is 10.8 Å². The summed E-state index contributed by atoms with van der Waals surface area (Å²) in [6.07, 6.45) is 3.90. The Hall–Kier alpha value is -1.57. The summed E-state index contributed by atoms with van der Waals surface area (Å²) < 4.78 is 0. The predicted molar refractivity (Wildman–Crippen MR) is 106 cm³/mol. The Labute approximate surface area is 155 Å². The lowest BCUT2D eigenvalue weighted by Crippen LogP contribution is -2.42. The molecule has 0 aromatic carbocycles. The maximum Gasteiger partial charge on any atom is 0.192 e. The first-order valence-corrected chi connectivity index (χ1v) is 10.4. The molecule has 25 heavy (non-hydrogen) atoms. The lowest BCUT2D eigenvalue weighted by Gasteiger charge is -2.38. The third-order valence-corrected chi connectivity index (χ3v) is 6.97. The van der Waals surface area contributed by atoms with Crippen LogP contribution in [0, 0.1) is 6.92 Å². The molecule has 0 radical (unpaired) electrons. The van der Waals surface area contributed by atoms with Crippen LogP contribution in [0.3, 0.4) is 0 Å². The molecule has 132 valence electrons. The van der Waals surface area contributed by atoms with Crippen LogP contribution in [0.5, 0.6) is 0 Å². The molecule has 0 saturated carbocycles. The van der Waals surface area contributed by atoms with Crippen molar-refractivity contribution < 1.29 is 0 Å². The van der Waals surface area contributed by atoms with Crippen molar-refractivity contribution in [2.75, 3.05) is 5.73 Å². The van der Waals surface area contributed by atoms with Crippen molar-refractivity contribution in [3.05, 3.63) is 22.0 Å². The van der Waals surface area contributed by atoms with Crippen molar-refractivity contribution in [2.24, 2.45) is 0 Å². The molecule has 0 amide bonds. The van der Waals surface area contributed by atoms with Crippen molar-refractivity contribution in [1.82, 2.24) is 19.9 Å². The fourth-order valence-corrected chi connectivity index (χ4v) is 5.36. The van der Waals surface area contributed by atoms with Crippen LogP contribution < -0.4 is 5.73 Å². The van der Waals surface area contributed by atoms with E-state index >= 15 is 0 Å². The van der Waals surface area contributed by atoms with Crippen LogP contribution in [0.2, 0.25) is 0 Å². The predicted octanol–water partition coefficient (Wildman–Crippen LogP) is 4.47. The molecule has 1 fully saturated rings. The van der Waals surface area contributed by atoms with Crippen LogP contribution in [0.4, 0.5) is 5.82 Å². The van der Waals surface area contributed by atoms with Gasteiger partial charge in [0.2, 0.25) is 0 Å². The minimum Gasteiger partial charge on any atom is -0.383 e. The summed E-state index contributed by atoms with van der Waals surface area (Å²) in [7, 11) is 0. The highest BCUT2D eigenvalue weighted by atomic mass is 32.1. The van der Waals surface area contributed by atoms with Gasteiger partial charge in [-0.3, -0.25) is 4.90 Å². The number of rotatable bonds is 3. The number of nitrogen functional groups attached to an aromatic ring is 1. The van der Waals surface area contributed by atoms with E-state index in [0.717, 1.165) is 27.5 Å². The molecule has 5 nitrogen and oxygen atoms in total. The van der Waals surface area contributed by atoms with Gasteiger partial charge in [-0.25, -0.2) is 15.0 Å². The molecule has 1 aliphatic heterocycles. The monoisotopic (exact) mass is 373 g/mol. The highest BCUT2D eigenvalue weighted by molar-refractivity contribution is 7.18. The normalized spacial score (nSPS) is 21.9. The molecule has 2 atom stereocenters. The van der Waals surface area contributed by atoms with Crippen molar-refractivity contribution in [1.29, 1.82) is 0 Å². The van der Waals surface area contributed by atoms with Gasteiger partial charge in [0, 0.05) is 34.6 Å². The fourth-order valence-electron chi connectivity index (χ4n) is 3.59. The van der Waals surface area contributed by atoms with E-state index in [1.54, 1.807) is 22.7 Å². The van der Waals surface area contributed by atoms with Gasteiger partial charge in [-0.1, -0.05) is 6.42 Å². The number of aryl methyl sites for hydroxylation is 1. The molecule has 4 heterocycles. The van der Waals surface area contributed by atoms with E-state index in [4.69, 9.17) is 10.7 Å². The van der Waals surface area contributed by atoms with Gasteiger partial charge in [0.15, 0.2) is 10.8 Å². The molecule has 2 N–H and O–H groups in total. The second-order valence-electron chi connectivity index (χ2n) is 6.96. The standard InChI is InChI=1S/C18H23N5S2/c1-10-9-24-18(20-10)16-21-15(19)14-7-13(25-17(14)22-16)8-23-11(2)5-4-6-12(23)3/h7,9,11-12H,4-6,8H2,1-3H3,(H2,19,21,22)/t11-,12+. The van der Waals surface area contributed by atoms with Crippen molar-refractivity contribution >= 4 is 38.7 Å². The highest BCUT2D eigenvalue weighted by Gasteiger charge is 2.25. The second-order valence-corrected chi connectivity index (χ2v) is 8.93. The lowest BCUT2D eigenvalue weighted by atomic mass is 9.97. The number of likely N-dealkylation sites (tertiary alicyclic amines) is 1. The van der Waals surface area contributed by atoms with E-state index < -0.39 is 0 Å². The Kier molecular flexibility index (Phi) is 4.47. The minimum atomic E-state index is 0.551. The van der Waals surface area contributed by atoms with E-state index in [1.165, 1.54) is 24.1 Å². The summed E-state index contributed by atoms with van der Waals surface area (Å²) in [5.41, 5.74) is 7.21. The molecular formula is C18H23N5S2. The summed E-state index contributed by atoms with van der Waals surface area (Å²) in [6.45, 7) is 7.61. The molecule has 1 aliphatic rings. The van der Waals surface area contributed by atoms with Crippen LogP contribution in [0.15, 0.2) is 11.4 Å². The third kappa shape index (κ3) is 3.28. The van der Waals surface area contributed by atoms with Gasteiger partial charge in [-0.15, -0.1) is 22.7 Å². The Morgan fingerprint density at radius 3 is 2.64 bits per heavy atom. The number of hydrogen-bond acceptors (Lipinski definition) is 7. The van der Waals surface area contributed by atoms with Gasteiger partial charge in [0.1, 0.15) is 10.6 Å². The van der Waals surface area contributed by atoms with E-state index in [2.05, 4.69) is 34.8 Å². The summed E-state index contributed by atoms with van der Waals surface area (Å²) >= 11 is 3.29. The first kappa shape index (κ1) is 16.9. The van der Waals surface area contributed by atoms with E-state index in [1.807, 2.05) is 12.3 Å². The largest absolute Gasteiger partial charge is 0.383 e. The quantitative estimate of drug-likeness (QED) is 0.734. The maximum absolute atomic E-state index is 6.22. The highest BCUT2D eigenvalue weighted by Crippen LogP contribution is 2.33. The van der Waals surface area contributed by atoms with Crippen LogP contribution in [0.25, 0.3) is 21.0 Å². The van der Waals surface area contributed by atoms with Crippen molar-refractivity contribution in [2.45, 2.75) is 58.7 Å². The fraction of sp³-hybridized carbons (Fsp3) is 0.500. The molecule has 0 bridgehead atoms. The van der Waals surface area contributed by atoms with Crippen LogP contribution in [-0.2, 0) is 6.54 Å². The number of fused-ring (bicyclic) bond motifs is 1. The van der Waals surface area contributed by atoms with Crippen molar-refractivity contribution in [3.63, 3.8) is 0 Å². The topological polar surface area (TPSA) is 67.9 Å². The van der Waals surface area contributed by atoms with Gasteiger partial charge in [-0.2, -0.15) is 0 Å². The molecule has 7 heteroatoms. The Bertz CT molecular complexity index is 890. The summed E-state index contributed by atoms with van der Waals surface area (Å²) in [4.78, 5) is 18.6. The van der Waals surface area contributed by atoms with Gasteiger partial charge in [-0.05, 0) is 39.7 Å². The average Bonchev–Trinajstić information content (AvgIpc) is 3.17. The zero-order valence-corrected chi connectivity index (χ0v) is 16.5. The number of thiazole rings is 1. The zero-order valence-electron chi connectivity index (χ0n) is 14.8.